The van der Waals surface area contributed by atoms with Gasteiger partial charge in [0.25, 0.3) is 11.9 Å². The van der Waals surface area contributed by atoms with Gasteiger partial charge in [-0.1, -0.05) is 72.3 Å². The van der Waals surface area contributed by atoms with Crippen molar-refractivity contribution in [3.05, 3.63) is 107 Å². The number of hydrogen-bond acceptors (Lipinski definition) is 5. The highest BCUT2D eigenvalue weighted by Crippen LogP contribution is 2.44. The molecule has 0 fully saturated rings. The number of carbonyl (C=O) groups excluding carboxylic acids is 1. The summed E-state index contributed by atoms with van der Waals surface area (Å²) in [4.78, 5) is 19.0. The maximum atomic E-state index is 13.2. The van der Waals surface area contributed by atoms with Gasteiger partial charge in [0.15, 0.2) is 5.76 Å². The Kier molecular flexibility index (Phi) is 4.88. The second-order valence-corrected chi connectivity index (χ2v) is 7.71. The minimum atomic E-state index is -0.619. The summed E-state index contributed by atoms with van der Waals surface area (Å²) in [5, 5.41) is 15.9. The Labute approximate surface area is 189 Å². The number of aliphatic hydroxyl groups excluding tert-OH is 1. The molecule has 2 heterocycles. The van der Waals surface area contributed by atoms with Crippen LogP contribution >= 0.6 is 11.6 Å². The van der Waals surface area contributed by atoms with Gasteiger partial charge in [0.05, 0.1) is 11.7 Å². The van der Waals surface area contributed by atoms with Crippen molar-refractivity contribution in [1.29, 1.82) is 0 Å². The number of anilines is 2. The maximum absolute atomic E-state index is 13.2. The Balaban J connectivity index is 1.65. The number of aromatic nitrogens is 3. The third kappa shape index (κ3) is 3.29. The van der Waals surface area contributed by atoms with Gasteiger partial charge in [-0.3, -0.25) is 9.69 Å². The molecule has 3 aromatic carbocycles. The molecule has 5 rings (SSSR count). The van der Waals surface area contributed by atoms with E-state index in [9.17, 15) is 9.90 Å². The smallest absolute Gasteiger partial charge is 0.296 e. The zero-order chi connectivity index (χ0) is 22.2. The van der Waals surface area contributed by atoms with E-state index in [0.717, 1.165) is 11.1 Å². The lowest BCUT2D eigenvalue weighted by atomic mass is 9.94. The van der Waals surface area contributed by atoms with E-state index in [2.05, 4.69) is 10.1 Å². The number of nitrogens with two attached hydrogens (primary N) is 1. The SMILES string of the molecule is Nc1nc(N2C(=O)C(O)=C(c3ccccc3)[C@H]2c2ccccc2)nn1-c1ccc(Cl)cc1. The molecule has 32 heavy (non-hydrogen) atoms. The van der Waals surface area contributed by atoms with Crippen molar-refractivity contribution in [3.63, 3.8) is 0 Å². The number of hydrogen-bond donors (Lipinski definition) is 2. The molecule has 0 spiro atoms. The van der Waals surface area contributed by atoms with Gasteiger partial charge in [-0.25, -0.2) is 0 Å². The second kappa shape index (κ2) is 7.86. The summed E-state index contributed by atoms with van der Waals surface area (Å²) in [5.41, 5.74) is 8.81. The first-order chi connectivity index (χ1) is 15.5. The van der Waals surface area contributed by atoms with Crippen molar-refractivity contribution in [2.45, 2.75) is 6.04 Å². The molecular weight excluding hydrogens is 426 g/mol. The minimum absolute atomic E-state index is 0.0915. The molecule has 3 N–H and O–H groups in total. The van der Waals surface area contributed by atoms with Crippen LogP contribution < -0.4 is 10.6 Å². The molecule has 0 unspecified atom stereocenters. The third-order valence-corrected chi connectivity index (χ3v) is 5.57. The minimum Gasteiger partial charge on any atom is -0.503 e. The van der Waals surface area contributed by atoms with Crippen LogP contribution in [0.15, 0.2) is 90.7 Å². The van der Waals surface area contributed by atoms with Crippen LogP contribution in [0.25, 0.3) is 11.3 Å². The Hall–Kier alpha value is -4.10. The van der Waals surface area contributed by atoms with Crippen molar-refractivity contribution in [3.8, 4) is 5.69 Å². The molecule has 1 aliphatic rings. The second-order valence-electron chi connectivity index (χ2n) is 7.27. The molecule has 1 aromatic heterocycles. The molecule has 0 saturated carbocycles. The summed E-state index contributed by atoms with van der Waals surface area (Å²) in [6.45, 7) is 0. The monoisotopic (exact) mass is 443 g/mol. The predicted molar refractivity (Wildman–Crippen MR) is 123 cm³/mol. The van der Waals surface area contributed by atoms with E-state index in [-0.39, 0.29) is 17.7 Å². The van der Waals surface area contributed by atoms with Gasteiger partial charge < -0.3 is 10.8 Å². The highest BCUT2D eigenvalue weighted by atomic mass is 35.5. The number of nitrogen functional groups attached to an aromatic ring is 1. The van der Waals surface area contributed by atoms with Crippen LogP contribution in [-0.2, 0) is 4.79 Å². The molecule has 0 radical (unpaired) electrons. The third-order valence-electron chi connectivity index (χ3n) is 5.32. The highest BCUT2D eigenvalue weighted by Gasteiger charge is 2.44. The molecule has 0 aliphatic carbocycles. The highest BCUT2D eigenvalue weighted by molar-refractivity contribution is 6.30. The van der Waals surface area contributed by atoms with E-state index >= 15 is 0 Å². The zero-order valence-corrected chi connectivity index (χ0v) is 17.5. The lowest BCUT2D eigenvalue weighted by Crippen LogP contribution is -2.31. The van der Waals surface area contributed by atoms with Crippen molar-refractivity contribution in [1.82, 2.24) is 14.8 Å². The quantitative estimate of drug-likeness (QED) is 0.482. The topological polar surface area (TPSA) is 97.3 Å². The average molecular weight is 444 g/mol. The summed E-state index contributed by atoms with van der Waals surface area (Å²) >= 11 is 5.98. The number of rotatable bonds is 4. The van der Waals surface area contributed by atoms with E-state index in [1.807, 2.05) is 60.7 Å². The Morgan fingerprint density at radius 3 is 2.19 bits per heavy atom. The van der Waals surface area contributed by atoms with Crippen LogP contribution in [0, 0.1) is 0 Å². The number of carbonyl (C=O) groups is 1. The van der Waals surface area contributed by atoms with Gasteiger partial charge in [0, 0.05) is 10.6 Å². The number of aliphatic hydroxyl groups is 1. The van der Waals surface area contributed by atoms with E-state index in [1.54, 1.807) is 24.3 Å². The van der Waals surface area contributed by atoms with Crippen LogP contribution in [0.5, 0.6) is 0 Å². The van der Waals surface area contributed by atoms with Gasteiger partial charge in [-0.2, -0.15) is 9.67 Å². The number of amides is 1. The average Bonchev–Trinajstić information content (AvgIpc) is 3.32. The van der Waals surface area contributed by atoms with E-state index < -0.39 is 11.9 Å². The fourth-order valence-electron chi connectivity index (χ4n) is 3.86. The van der Waals surface area contributed by atoms with Crippen LogP contribution in [0.4, 0.5) is 11.9 Å². The van der Waals surface area contributed by atoms with Crippen molar-refractivity contribution < 1.29 is 9.90 Å². The molecule has 158 valence electrons. The molecule has 1 aliphatic heterocycles. The Morgan fingerprint density at radius 1 is 0.906 bits per heavy atom. The van der Waals surface area contributed by atoms with Crippen molar-refractivity contribution in [2.24, 2.45) is 0 Å². The van der Waals surface area contributed by atoms with Gasteiger partial charge in [-0.15, -0.1) is 5.10 Å². The molecule has 1 amide bonds. The van der Waals surface area contributed by atoms with Crippen LogP contribution in [-0.4, -0.2) is 25.8 Å². The number of benzene rings is 3. The van der Waals surface area contributed by atoms with Gasteiger partial charge in [-0.05, 0) is 35.4 Å². The molecular formula is C24H18ClN5O2. The zero-order valence-electron chi connectivity index (χ0n) is 16.8. The van der Waals surface area contributed by atoms with Crippen LogP contribution in [0.2, 0.25) is 5.02 Å². The maximum Gasteiger partial charge on any atom is 0.296 e. The van der Waals surface area contributed by atoms with Gasteiger partial charge in [0.1, 0.15) is 0 Å². The Bertz CT molecular complexity index is 1320. The molecule has 1 atom stereocenters. The molecule has 0 bridgehead atoms. The van der Waals surface area contributed by atoms with Crippen molar-refractivity contribution >= 4 is 35.0 Å². The predicted octanol–water partition coefficient (Wildman–Crippen LogP) is 4.56. The normalized spacial score (nSPS) is 16.1. The van der Waals surface area contributed by atoms with E-state index in [0.29, 0.717) is 16.3 Å². The first-order valence-corrected chi connectivity index (χ1v) is 10.3. The first kappa shape index (κ1) is 19.8. The number of nitrogens with zero attached hydrogens (tertiary/aromatic N) is 4. The summed E-state index contributed by atoms with van der Waals surface area (Å²) in [5.74, 6) is -0.735. The largest absolute Gasteiger partial charge is 0.503 e. The lowest BCUT2D eigenvalue weighted by Gasteiger charge is -2.24. The summed E-state index contributed by atoms with van der Waals surface area (Å²) in [6.07, 6.45) is 0. The van der Waals surface area contributed by atoms with Crippen LogP contribution in [0.3, 0.4) is 0 Å². The first-order valence-electron chi connectivity index (χ1n) is 9.90. The van der Waals surface area contributed by atoms with Gasteiger partial charge in [0.2, 0.25) is 5.95 Å². The molecule has 8 heteroatoms. The Morgan fingerprint density at radius 2 is 1.53 bits per heavy atom. The standard InChI is InChI=1S/C24H18ClN5O2/c25-17-11-13-18(14-12-17)30-23(26)27-24(28-30)29-20(16-9-5-2-6-10-16)19(21(31)22(29)32)15-7-3-1-4-8-15/h1-14,20,31H,(H2,26,27,28)/t20-/m1/s1. The van der Waals surface area contributed by atoms with E-state index in [4.69, 9.17) is 17.3 Å². The number of halogens is 1. The van der Waals surface area contributed by atoms with Gasteiger partial charge >= 0.3 is 0 Å². The molecule has 7 nitrogen and oxygen atoms in total. The van der Waals surface area contributed by atoms with E-state index in [1.165, 1.54) is 9.58 Å². The summed E-state index contributed by atoms with van der Waals surface area (Å²) in [7, 11) is 0. The fourth-order valence-corrected chi connectivity index (χ4v) is 3.99. The van der Waals surface area contributed by atoms with Crippen LogP contribution in [0.1, 0.15) is 17.2 Å². The summed E-state index contributed by atoms with van der Waals surface area (Å²) in [6, 6.07) is 25.1. The molecule has 4 aromatic rings. The lowest BCUT2D eigenvalue weighted by molar-refractivity contribution is -0.117. The molecule has 0 saturated heterocycles. The fraction of sp³-hybridized carbons (Fsp3) is 0.0417. The van der Waals surface area contributed by atoms with Crippen molar-refractivity contribution in [2.75, 3.05) is 10.6 Å². The summed E-state index contributed by atoms with van der Waals surface area (Å²) < 4.78 is 1.43.